The Morgan fingerprint density at radius 2 is 2.00 bits per heavy atom. The van der Waals surface area contributed by atoms with Crippen LogP contribution in [0.4, 0.5) is 10.1 Å². The van der Waals surface area contributed by atoms with Crippen molar-refractivity contribution in [1.29, 1.82) is 0 Å². The highest BCUT2D eigenvalue weighted by molar-refractivity contribution is 5.95. The van der Waals surface area contributed by atoms with Crippen LogP contribution >= 0.6 is 0 Å². The number of fused-ring (bicyclic) bond motifs is 1. The van der Waals surface area contributed by atoms with Crippen LogP contribution in [0.25, 0.3) is 6.08 Å². The van der Waals surface area contributed by atoms with Gasteiger partial charge < -0.3 is 4.74 Å². The summed E-state index contributed by atoms with van der Waals surface area (Å²) in [6.07, 6.45) is 3.89. The van der Waals surface area contributed by atoms with Crippen LogP contribution in [0.2, 0.25) is 0 Å². The fraction of sp³-hybridized carbons (Fsp3) is 0.167. The molecule has 2 aromatic carbocycles. The van der Waals surface area contributed by atoms with E-state index in [0.717, 1.165) is 11.3 Å². The molecular weight excluding hydrogens is 295 g/mol. The molecule has 4 nitrogen and oxygen atoms in total. The maximum absolute atomic E-state index is 13.1. The fourth-order valence-electron chi connectivity index (χ4n) is 2.29. The first-order valence-electron chi connectivity index (χ1n) is 7.27. The zero-order chi connectivity index (χ0) is 16.4. The summed E-state index contributed by atoms with van der Waals surface area (Å²) in [6, 6.07) is 11.1. The summed E-state index contributed by atoms with van der Waals surface area (Å²) in [5, 5.41) is 0. The van der Waals surface area contributed by atoms with Gasteiger partial charge in [-0.3, -0.25) is 15.6 Å². The second-order valence-corrected chi connectivity index (χ2v) is 5.88. The maximum atomic E-state index is 13.1. The van der Waals surface area contributed by atoms with Crippen LogP contribution in [-0.2, 0) is 0 Å². The minimum absolute atomic E-state index is 0.310. The van der Waals surface area contributed by atoms with Gasteiger partial charge in [0.2, 0.25) is 0 Å². The van der Waals surface area contributed by atoms with Gasteiger partial charge in [0.1, 0.15) is 17.2 Å². The summed E-state index contributed by atoms with van der Waals surface area (Å²) in [4.78, 5) is 12.2. The van der Waals surface area contributed by atoms with Gasteiger partial charge in [-0.05, 0) is 56.3 Å². The molecular formula is C18H17FN2O2. The van der Waals surface area contributed by atoms with Crippen molar-refractivity contribution in [3.05, 3.63) is 65.5 Å². The number of amides is 1. The maximum Gasteiger partial charge on any atom is 0.269 e. The van der Waals surface area contributed by atoms with E-state index in [-0.39, 0.29) is 17.3 Å². The van der Waals surface area contributed by atoms with E-state index < -0.39 is 0 Å². The molecule has 0 aromatic heterocycles. The number of nitrogens with one attached hydrogen (secondary N) is 2. The average molecular weight is 312 g/mol. The van der Waals surface area contributed by atoms with Crippen molar-refractivity contribution in [2.75, 3.05) is 5.43 Å². The molecule has 0 atom stereocenters. The topological polar surface area (TPSA) is 50.4 Å². The molecule has 2 N–H and O–H groups in total. The number of hydrazine groups is 1. The first-order chi connectivity index (χ1) is 10.9. The van der Waals surface area contributed by atoms with Crippen molar-refractivity contribution < 1.29 is 13.9 Å². The molecule has 118 valence electrons. The number of ether oxygens (including phenoxy) is 1. The Bertz CT molecular complexity index is 784. The van der Waals surface area contributed by atoms with Crippen molar-refractivity contribution in [3.8, 4) is 5.75 Å². The molecule has 1 aliphatic heterocycles. The van der Waals surface area contributed by atoms with Gasteiger partial charge in [-0.1, -0.05) is 12.1 Å². The molecule has 1 heterocycles. The van der Waals surface area contributed by atoms with E-state index in [1.54, 1.807) is 30.3 Å². The largest absolute Gasteiger partial charge is 0.483 e. The molecule has 1 aliphatic rings. The third-order valence-electron chi connectivity index (χ3n) is 3.45. The minimum Gasteiger partial charge on any atom is -0.483 e. The summed E-state index contributed by atoms with van der Waals surface area (Å²) in [5.74, 6) is 0.0605. The summed E-state index contributed by atoms with van der Waals surface area (Å²) >= 11 is 0. The molecule has 3 rings (SSSR count). The quantitative estimate of drug-likeness (QED) is 0.848. The van der Waals surface area contributed by atoms with E-state index in [0.29, 0.717) is 11.3 Å². The number of benzene rings is 2. The van der Waals surface area contributed by atoms with Crippen LogP contribution < -0.4 is 15.6 Å². The van der Waals surface area contributed by atoms with Crippen molar-refractivity contribution in [3.63, 3.8) is 0 Å². The van der Waals surface area contributed by atoms with Gasteiger partial charge in [0.05, 0.1) is 5.69 Å². The van der Waals surface area contributed by atoms with E-state index in [9.17, 15) is 9.18 Å². The molecule has 0 aliphatic carbocycles. The molecule has 0 unspecified atom stereocenters. The van der Waals surface area contributed by atoms with E-state index in [4.69, 9.17) is 4.74 Å². The Hall–Kier alpha value is -2.82. The normalized spacial score (nSPS) is 14.6. The molecule has 1 amide bonds. The van der Waals surface area contributed by atoms with E-state index in [2.05, 4.69) is 10.9 Å². The second-order valence-electron chi connectivity index (χ2n) is 5.88. The summed E-state index contributed by atoms with van der Waals surface area (Å²) < 4.78 is 18.9. The highest BCUT2D eigenvalue weighted by atomic mass is 19.1. The number of carbonyl (C=O) groups is 1. The number of rotatable bonds is 3. The van der Waals surface area contributed by atoms with Crippen molar-refractivity contribution >= 4 is 17.7 Å². The standard InChI is InChI=1S/C18H17FN2O2/c1-18(2)9-8-12-10-13(6-7-16(12)23-18)17(22)21-20-15-5-3-4-14(19)11-15/h3-11,20H,1-2H3,(H,21,22). The van der Waals surface area contributed by atoms with Crippen molar-refractivity contribution in [1.82, 2.24) is 5.43 Å². The monoisotopic (exact) mass is 312 g/mol. The Morgan fingerprint density at radius 1 is 1.17 bits per heavy atom. The van der Waals surface area contributed by atoms with Crippen LogP contribution in [0.1, 0.15) is 29.8 Å². The number of carbonyl (C=O) groups excluding carboxylic acids is 1. The fourth-order valence-corrected chi connectivity index (χ4v) is 2.29. The van der Waals surface area contributed by atoms with Crippen LogP contribution in [0.3, 0.4) is 0 Å². The summed E-state index contributed by atoms with van der Waals surface area (Å²) in [7, 11) is 0. The Kier molecular flexibility index (Phi) is 3.78. The smallest absolute Gasteiger partial charge is 0.269 e. The lowest BCUT2D eigenvalue weighted by Crippen LogP contribution is -2.30. The van der Waals surface area contributed by atoms with Gasteiger partial charge in [-0.2, -0.15) is 0 Å². The molecule has 0 bridgehead atoms. The van der Waals surface area contributed by atoms with Crippen LogP contribution in [0.15, 0.2) is 48.5 Å². The van der Waals surface area contributed by atoms with Gasteiger partial charge in [0.25, 0.3) is 5.91 Å². The van der Waals surface area contributed by atoms with Crippen molar-refractivity contribution in [2.45, 2.75) is 19.4 Å². The first-order valence-corrected chi connectivity index (χ1v) is 7.27. The van der Waals surface area contributed by atoms with Crippen LogP contribution in [0, 0.1) is 5.82 Å². The average Bonchev–Trinajstić information content (AvgIpc) is 2.51. The molecule has 0 saturated heterocycles. The molecule has 5 heteroatoms. The minimum atomic E-state index is -0.372. The second kappa shape index (κ2) is 5.76. The van der Waals surface area contributed by atoms with E-state index >= 15 is 0 Å². The molecule has 2 aromatic rings. The zero-order valence-corrected chi connectivity index (χ0v) is 12.9. The predicted octanol–water partition coefficient (Wildman–Crippen LogP) is 3.77. The molecule has 0 saturated carbocycles. The lowest BCUT2D eigenvalue weighted by molar-refractivity contribution is 0.0962. The highest BCUT2D eigenvalue weighted by Gasteiger charge is 2.22. The number of hydrogen-bond donors (Lipinski definition) is 2. The lowest BCUT2D eigenvalue weighted by atomic mass is 10.0. The number of hydrogen-bond acceptors (Lipinski definition) is 3. The third-order valence-corrected chi connectivity index (χ3v) is 3.45. The summed E-state index contributed by atoms with van der Waals surface area (Å²) in [5.41, 5.74) is 6.69. The molecule has 0 radical (unpaired) electrons. The Balaban J connectivity index is 1.71. The van der Waals surface area contributed by atoms with Crippen LogP contribution in [0.5, 0.6) is 5.75 Å². The predicted molar refractivity (Wildman–Crippen MR) is 87.7 cm³/mol. The summed E-state index contributed by atoms with van der Waals surface area (Å²) in [6.45, 7) is 3.94. The van der Waals surface area contributed by atoms with Gasteiger partial charge >= 0.3 is 0 Å². The highest BCUT2D eigenvalue weighted by Crippen LogP contribution is 2.31. The molecule has 0 fully saturated rings. The van der Waals surface area contributed by atoms with Gasteiger partial charge in [0, 0.05) is 11.1 Å². The number of halogens is 1. The van der Waals surface area contributed by atoms with E-state index in [1.807, 2.05) is 26.0 Å². The van der Waals surface area contributed by atoms with Gasteiger partial charge in [-0.15, -0.1) is 0 Å². The molecule has 0 spiro atoms. The van der Waals surface area contributed by atoms with Crippen LogP contribution in [-0.4, -0.2) is 11.5 Å². The molecule has 23 heavy (non-hydrogen) atoms. The van der Waals surface area contributed by atoms with Gasteiger partial charge in [0.15, 0.2) is 0 Å². The SMILES string of the molecule is CC1(C)C=Cc2cc(C(=O)NNc3cccc(F)c3)ccc2O1. The lowest BCUT2D eigenvalue weighted by Gasteiger charge is -2.27. The Labute approximate surface area is 133 Å². The van der Waals surface area contributed by atoms with Crippen molar-refractivity contribution in [2.24, 2.45) is 0 Å². The van der Waals surface area contributed by atoms with Gasteiger partial charge in [-0.25, -0.2) is 4.39 Å². The zero-order valence-electron chi connectivity index (χ0n) is 12.9. The number of anilines is 1. The van der Waals surface area contributed by atoms with E-state index in [1.165, 1.54) is 12.1 Å². The third kappa shape index (κ3) is 3.51. The Morgan fingerprint density at radius 3 is 2.78 bits per heavy atom. The first kappa shape index (κ1) is 15.1.